The number of hydrogen-bond acceptors (Lipinski definition) is 9. The van der Waals surface area contributed by atoms with Gasteiger partial charge in [0.15, 0.2) is 0 Å². The largest absolute Gasteiger partial charge is 0.486 e. The number of fused-ring (bicyclic) bond motifs is 1. The predicted octanol–water partition coefficient (Wildman–Crippen LogP) is 5.22. The molecule has 0 aliphatic carbocycles. The first-order valence-electron chi connectivity index (χ1n) is 13.2. The number of aromatic nitrogens is 3. The lowest BCUT2D eigenvalue weighted by atomic mass is 10.1. The fourth-order valence-corrected chi connectivity index (χ4v) is 4.41. The van der Waals surface area contributed by atoms with E-state index in [1.54, 1.807) is 30.5 Å². The summed E-state index contributed by atoms with van der Waals surface area (Å²) in [6.07, 6.45) is 7.16. The van der Waals surface area contributed by atoms with Crippen LogP contribution >= 0.6 is 11.6 Å². The highest BCUT2D eigenvalue weighted by Gasteiger charge is 2.21. The molecule has 0 bridgehead atoms. The molecule has 0 spiro atoms. The molecule has 1 aliphatic rings. The van der Waals surface area contributed by atoms with Crippen LogP contribution in [-0.2, 0) is 16.1 Å². The third-order valence-electron chi connectivity index (χ3n) is 6.21. The van der Waals surface area contributed by atoms with E-state index >= 15 is 0 Å². The molecule has 1 atom stereocenters. The summed E-state index contributed by atoms with van der Waals surface area (Å²) in [6.45, 7) is 2.08. The minimum atomic E-state index is -0.266. The van der Waals surface area contributed by atoms with Crippen molar-refractivity contribution in [2.45, 2.75) is 19.1 Å². The zero-order chi connectivity index (χ0) is 28.6. The number of carbonyl (C=O) groups excluding carboxylic acids is 1. The smallest absolute Gasteiger partial charge is 0.248 e. The quantitative estimate of drug-likeness (QED) is 0.233. The summed E-state index contributed by atoms with van der Waals surface area (Å²) in [5.41, 5.74) is 2.68. The molecule has 4 aromatic rings. The van der Waals surface area contributed by atoms with Crippen LogP contribution in [0.3, 0.4) is 0 Å². The number of anilines is 3. The normalized spacial score (nSPS) is 15.0. The van der Waals surface area contributed by atoms with Gasteiger partial charge in [0.05, 0.1) is 35.1 Å². The van der Waals surface area contributed by atoms with Crippen molar-refractivity contribution in [3.63, 3.8) is 0 Å². The molecular formula is C30H31ClN6O4. The maximum atomic E-state index is 12.7. The van der Waals surface area contributed by atoms with E-state index in [0.29, 0.717) is 71.0 Å². The second kappa shape index (κ2) is 13.4. The summed E-state index contributed by atoms with van der Waals surface area (Å²) in [5, 5.41) is 7.40. The number of hydrogen-bond donors (Lipinski definition) is 2. The van der Waals surface area contributed by atoms with Gasteiger partial charge in [-0.25, -0.2) is 9.97 Å². The number of benzene rings is 2. The number of carbonyl (C=O) groups is 1. The average Bonchev–Trinajstić information content (AvgIpc) is 3.47. The highest BCUT2D eigenvalue weighted by Crippen LogP contribution is 2.36. The van der Waals surface area contributed by atoms with Gasteiger partial charge in [-0.1, -0.05) is 23.7 Å². The topological polar surface area (TPSA) is 111 Å². The Morgan fingerprint density at radius 2 is 2.05 bits per heavy atom. The van der Waals surface area contributed by atoms with Crippen molar-refractivity contribution in [3.05, 3.63) is 83.9 Å². The van der Waals surface area contributed by atoms with Crippen molar-refractivity contribution in [1.82, 2.24) is 19.9 Å². The average molecular weight is 575 g/mol. The molecule has 0 radical (unpaired) electrons. The van der Waals surface area contributed by atoms with E-state index in [4.69, 9.17) is 25.8 Å². The molecule has 5 rings (SSSR count). The highest BCUT2D eigenvalue weighted by atomic mass is 35.5. The SMILES string of the molecule is CN(C)C/C=C/C(=O)Nc1cc2c(Nc3ccc(OCc4ccccn4)c(Cl)c3)ncnc2cc1O[C@H]1CCOC1. The van der Waals surface area contributed by atoms with Crippen LogP contribution in [0.4, 0.5) is 17.2 Å². The van der Waals surface area contributed by atoms with Crippen LogP contribution in [0.5, 0.6) is 11.5 Å². The monoisotopic (exact) mass is 574 g/mol. The van der Waals surface area contributed by atoms with E-state index in [1.807, 2.05) is 49.3 Å². The second-order valence-electron chi connectivity index (χ2n) is 9.73. The molecule has 0 saturated carbocycles. The van der Waals surface area contributed by atoms with Crippen molar-refractivity contribution in [3.8, 4) is 11.5 Å². The van der Waals surface area contributed by atoms with Gasteiger partial charge in [0.25, 0.3) is 0 Å². The Kier molecular flexibility index (Phi) is 9.25. The number of nitrogens with zero attached hydrogens (tertiary/aromatic N) is 4. The maximum absolute atomic E-state index is 12.7. The molecular weight excluding hydrogens is 544 g/mol. The van der Waals surface area contributed by atoms with Gasteiger partial charge in [-0.2, -0.15) is 0 Å². The molecule has 1 amide bonds. The van der Waals surface area contributed by atoms with Crippen molar-refractivity contribution in [1.29, 1.82) is 0 Å². The Hall–Kier alpha value is -4.25. The van der Waals surface area contributed by atoms with Gasteiger partial charge in [-0.3, -0.25) is 9.78 Å². The number of amides is 1. The van der Waals surface area contributed by atoms with Crippen molar-refractivity contribution in [2.75, 3.05) is 44.5 Å². The van der Waals surface area contributed by atoms with Crippen LogP contribution in [0.25, 0.3) is 10.9 Å². The first-order chi connectivity index (χ1) is 19.9. The Morgan fingerprint density at radius 3 is 2.80 bits per heavy atom. The number of pyridine rings is 1. The Balaban J connectivity index is 1.39. The van der Waals surface area contributed by atoms with Crippen LogP contribution in [-0.4, -0.2) is 65.7 Å². The number of likely N-dealkylation sites (N-methyl/N-ethyl adjacent to an activating group) is 1. The van der Waals surface area contributed by atoms with Gasteiger partial charge in [0.1, 0.15) is 36.4 Å². The minimum absolute atomic E-state index is 0.104. The summed E-state index contributed by atoms with van der Waals surface area (Å²) >= 11 is 6.52. The standard InChI is InChI=1S/C30H31ClN6O4/c1-37(2)12-5-7-29(38)36-26-15-23-25(16-28(26)41-22-10-13-39-18-22)33-19-34-30(23)35-20-8-9-27(24(31)14-20)40-17-21-6-3-4-11-32-21/h3-9,11,14-16,19,22H,10,12-13,17-18H2,1-2H3,(H,36,38)(H,33,34,35)/b7-5+/t22-/m0/s1. The first-order valence-corrected chi connectivity index (χ1v) is 13.6. The van der Waals surface area contributed by atoms with Crippen molar-refractivity contribution < 1.29 is 19.0 Å². The molecule has 41 heavy (non-hydrogen) atoms. The molecule has 1 saturated heterocycles. The zero-order valence-corrected chi connectivity index (χ0v) is 23.6. The molecule has 3 heterocycles. The first kappa shape index (κ1) is 28.3. The van der Waals surface area contributed by atoms with Crippen LogP contribution in [0, 0.1) is 0 Å². The van der Waals surface area contributed by atoms with E-state index in [2.05, 4.69) is 25.6 Å². The fourth-order valence-electron chi connectivity index (χ4n) is 4.18. The van der Waals surface area contributed by atoms with Gasteiger partial charge < -0.3 is 29.7 Å². The predicted molar refractivity (Wildman–Crippen MR) is 159 cm³/mol. The maximum Gasteiger partial charge on any atom is 0.248 e. The van der Waals surface area contributed by atoms with Gasteiger partial charge in [0.2, 0.25) is 5.91 Å². The fraction of sp³-hybridized carbons (Fsp3) is 0.267. The van der Waals surface area contributed by atoms with Gasteiger partial charge in [-0.05, 0) is 50.5 Å². The lowest BCUT2D eigenvalue weighted by molar-refractivity contribution is -0.111. The number of halogens is 1. The van der Waals surface area contributed by atoms with E-state index in [0.717, 1.165) is 12.1 Å². The third kappa shape index (κ3) is 7.69. The minimum Gasteiger partial charge on any atom is -0.486 e. The summed E-state index contributed by atoms with van der Waals surface area (Å²) in [7, 11) is 3.87. The molecule has 1 aliphatic heterocycles. The van der Waals surface area contributed by atoms with Crippen LogP contribution in [0.15, 0.2) is 73.2 Å². The molecule has 11 heteroatoms. The van der Waals surface area contributed by atoms with E-state index < -0.39 is 0 Å². The lowest BCUT2D eigenvalue weighted by Gasteiger charge is -2.18. The van der Waals surface area contributed by atoms with E-state index in [1.165, 1.54) is 12.4 Å². The Morgan fingerprint density at radius 1 is 1.15 bits per heavy atom. The molecule has 0 unspecified atom stereocenters. The Bertz CT molecular complexity index is 1530. The molecule has 10 nitrogen and oxygen atoms in total. The van der Waals surface area contributed by atoms with E-state index in [-0.39, 0.29) is 12.0 Å². The lowest BCUT2D eigenvalue weighted by Crippen LogP contribution is -2.18. The summed E-state index contributed by atoms with van der Waals surface area (Å²) in [5.74, 6) is 1.34. The van der Waals surface area contributed by atoms with Crippen molar-refractivity contribution in [2.24, 2.45) is 0 Å². The number of nitrogens with one attached hydrogen (secondary N) is 2. The molecule has 2 N–H and O–H groups in total. The van der Waals surface area contributed by atoms with Crippen LogP contribution in [0.2, 0.25) is 5.02 Å². The summed E-state index contributed by atoms with van der Waals surface area (Å²) in [6, 6.07) is 14.7. The van der Waals surface area contributed by atoms with E-state index in [9.17, 15) is 4.79 Å². The number of rotatable bonds is 11. The molecule has 2 aromatic carbocycles. The van der Waals surface area contributed by atoms with Gasteiger partial charge in [-0.15, -0.1) is 0 Å². The van der Waals surface area contributed by atoms with Gasteiger partial charge in [0, 0.05) is 42.4 Å². The molecule has 212 valence electrons. The number of ether oxygens (including phenoxy) is 3. The van der Waals surface area contributed by atoms with Gasteiger partial charge >= 0.3 is 0 Å². The van der Waals surface area contributed by atoms with Crippen LogP contribution < -0.4 is 20.1 Å². The van der Waals surface area contributed by atoms with Crippen LogP contribution in [0.1, 0.15) is 12.1 Å². The highest BCUT2D eigenvalue weighted by molar-refractivity contribution is 6.32. The summed E-state index contributed by atoms with van der Waals surface area (Å²) < 4.78 is 17.5. The zero-order valence-electron chi connectivity index (χ0n) is 22.8. The summed E-state index contributed by atoms with van der Waals surface area (Å²) in [4.78, 5) is 27.9. The Labute approximate surface area is 243 Å². The van der Waals surface area contributed by atoms with Crippen molar-refractivity contribution >= 4 is 45.6 Å². The molecule has 1 fully saturated rings. The third-order valence-corrected chi connectivity index (χ3v) is 6.51. The second-order valence-corrected chi connectivity index (χ2v) is 10.1. The molecule has 2 aromatic heterocycles.